The number of fused-ring (bicyclic) bond motifs is 1. The highest BCUT2D eigenvalue weighted by atomic mass is 15.2. The summed E-state index contributed by atoms with van der Waals surface area (Å²) in [5.74, 6) is 1.45. The lowest BCUT2D eigenvalue weighted by Crippen LogP contribution is -2.25. The third-order valence-electron chi connectivity index (χ3n) is 4.01. The second-order valence-corrected chi connectivity index (χ2v) is 5.23. The van der Waals surface area contributed by atoms with Crippen molar-refractivity contribution in [2.24, 2.45) is 16.6 Å². The molecule has 1 aliphatic heterocycles. The van der Waals surface area contributed by atoms with Gasteiger partial charge >= 0.3 is 0 Å². The second kappa shape index (κ2) is 4.52. The molecule has 0 amide bonds. The molecule has 0 unspecified atom stereocenters. The largest absolute Gasteiger partial charge is 0.400 e. The Morgan fingerprint density at radius 2 is 2.17 bits per heavy atom. The van der Waals surface area contributed by atoms with Crippen LogP contribution in [0.25, 0.3) is 5.70 Å². The number of hydrogen-bond acceptors (Lipinski definition) is 3. The maximum atomic E-state index is 6.45. The van der Waals surface area contributed by atoms with Crippen LogP contribution >= 0.6 is 0 Å². The average Bonchev–Trinajstić information content (AvgIpc) is 2.87. The van der Waals surface area contributed by atoms with Crippen LogP contribution in [-0.2, 0) is 0 Å². The van der Waals surface area contributed by atoms with Gasteiger partial charge in [0.25, 0.3) is 0 Å². The molecule has 18 heavy (non-hydrogen) atoms. The molecule has 2 heterocycles. The number of nitrogens with zero attached hydrogens (tertiary/aromatic N) is 2. The molecular weight excluding hydrogens is 224 g/mol. The number of aliphatic imine (C=N–C) groups is 1. The first-order valence-electron chi connectivity index (χ1n) is 6.72. The average molecular weight is 244 g/mol. The quantitative estimate of drug-likeness (QED) is 0.798. The van der Waals surface area contributed by atoms with Gasteiger partial charge in [0.2, 0.25) is 0 Å². The molecule has 0 bridgehead atoms. The third-order valence-corrected chi connectivity index (χ3v) is 4.01. The van der Waals surface area contributed by atoms with Gasteiger partial charge in [0.1, 0.15) is 5.82 Å². The zero-order valence-corrected chi connectivity index (χ0v) is 10.8. The molecule has 1 saturated carbocycles. The van der Waals surface area contributed by atoms with Gasteiger partial charge in [0.15, 0.2) is 0 Å². The van der Waals surface area contributed by atoms with Crippen LogP contribution in [0.5, 0.6) is 0 Å². The van der Waals surface area contributed by atoms with E-state index in [4.69, 9.17) is 5.73 Å². The van der Waals surface area contributed by atoms with E-state index in [2.05, 4.69) is 16.0 Å². The van der Waals surface area contributed by atoms with Crippen molar-refractivity contribution in [1.29, 1.82) is 0 Å². The van der Waals surface area contributed by atoms with Crippen LogP contribution in [0, 0.1) is 5.92 Å². The van der Waals surface area contributed by atoms with E-state index in [0.717, 1.165) is 22.8 Å². The Kier molecular flexibility index (Phi) is 2.86. The van der Waals surface area contributed by atoms with Crippen LogP contribution in [0.15, 0.2) is 23.0 Å². The van der Waals surface area contributed by atoms with Crippen LogP contribution in [0.4, 0.5) is 5.82 Å². The molecule has 1 aromatic rings. The van der Waals surface area contributed by atoms with Gasteiger partial charge in [-0.15, -0.1) is 0 Å². The van der Waals surface area contributed by atoms with Crippen LogP contribution in [-0.4, -0.2) is 23.3 Å². The molecule has 96 valence electrons. The summed E-state index contributed by atoms with van der Waals surface area (Å²) in [7, 11) is 2.02. The van der Waals surface area contributed by atoms with Crippen molar-refractivity contribution in [2.75, 3.05) is 7.05 Å². The van der Waals surface area contributed by atoms with Gasteiger partial charge in [0, 0.05) is 30.4 Å². The molecule has 2 aliphatic rings. The summed E-state index contributed by atoms with van der Waals surface area (Å²) in [4.78, 5) is 9.56. The summed E-state index contributed by atoms with van der Waals surface area (Å²) in [5.41, 5.74) is 9.74. The number of aromatic amines is 1. The number of H-pyrrole nitrogens is 1. The molecule has 4 nitrogen and oxygen atoms in total. The maximum absolute atomic E-state index is 6.45. The van der Waals surface area contributed by atoms with Gasteiger partial charge in [0.05, 0.1) is 12.0 Å². The van der Waals surface area contributed by atoms with Crippen molar-refractivity contribution < 1.29 is 0 Å². The van der Waals surface area contributed by atoms with Gasteiger partial charge in [-0.25, -0.2) is 4.99 Å². The first-order chi connectivity index (χ1) is 8.77. The summed E-state index contributed by atoms with van der Waals surface area (Å²) >= 11 is 0. The fraction of sp³-hybridized carbons (Fsp3) is 0.500. The first kappa shape index (κ1) is 11.4. The molecule has 3 rings (SSSR count). The number of hydrogen-bond donors (Lipinski definition) is 2. The minimum atomic E-state index is 0.533. The van der Waals surface area contributed by atoms with Crippen molar-refractivity contribution in [1.82, 2.24) is 9.88 Å². The zero-order valence-electron chi connectivity index (χ0n) is 10.8. The van der Waals surface area contributed by atoms with E-state index >= 15 is 0 Å². The highest BCUT2D eigenvalue weighted by Gasteiger charge is 2.24. The minimum absolute atomic E-state index is 0.533. The Morgan fingerprint density at radius 1 is 1.39 bits per heavy atom. The molecule has 0 spiro atoms. The highest BCUT2D eigenvalue weighted by Crippen LogP contribution is 2.36. The van der Waals surface area contributed by atoms with Crippen LogP contribution in [0.1, 0.15) is 37.7 Å². The minimum Gasteiger partial charge on any atom is -0.400 e. The van der Waals surface area contributed by atoms with Crippen molar-refractivity contribution >= 4 is 17.9 Å². The number of rotatable bonds is 1. The first-order valence-corrected chi connectivity index (χ1v) is 6.72. The maximum Gasteiger partial charge on any atom is 0.141 e. The van der Waals surface area contributed by atoms with Crippen LogP contribution in [0.2, 0.25) is 0 Å². The van der Waals surface area contributed by atoms with Crippen molar-refractivity contribution in [3.05, 3.63) is 23.5 Å². The fourth-order valence-electron chi connectivity index (χ4n) is 3.02. The Balaban J connectivity index is 2.00. The summed E-state index contributed by atoms with van der Waals surface area (Å²) < 4.78 is 0. The molecule has 1 fully saturated rings. The SMILES string of the molecule is CN1C=Nc2[nH]ccc2/C1=C(/N)C1CCCCC1. The predicted octanol–water partition coefficient (Wildman–Crippen LogP) is 2.83. The topological polar surface area (TPSA) is 57.4 Å². The van der Waals surface area contributed by atoms with Crippen molar-refractivity contribution in [3.63, 3.8) is 0 Å². The molecular formula is C14H20N4. The molecule has 1 aliphatic carbocycles. The Bertz CT molecular complexity index is 492. The standard InChI is InChI=1S/C14H20N4/c1-18-9-17-14-11(7-8-16-14)13(18)12(15)10-5-3-2-4-6-10/h7-10,16H,2-6,15H2,1H3/b13-12-. The van der Waals surface area contributed by atoms with E-state index in [1.165, 1.54) is 32.1 Å². The second-order valence-electron chi connectivity index (χ2n) is 5.23. The summed E-state index contributed by atoms with van der Waals surface area (Å²) in [6.45, 7) is 0. The van der Waals surface area contributed by atoms with E-state index in [9.17, 15) is 0 Å². The van der Waals surface area contributed by atoms with Crippen LogP contribution < -0.4 is 5.73 Å². The van der Waals surface area contributed by atoms with Gasteiger partial charge in [-0.3, -0.25) is 0 Å². The molecule has 0 aromatic carbocycles. The van der Waals surface area contributed by atoms with Crippen molar-refractivity contribution in [3.8, 4) is 0 Å². The van der Waals surface area contributed by atoms with E-state index in [1.807, 2.05) is 24.5 Å². The molecule has 1 aromatic heterocycles. The van der Waals surface area contributed by atoms with Crippen LogP contribution in [0.3, 0.4) is 0 Å². The van der Waals surface area contributed by atoms with Gasteiger partial charge in [-0.1, -0.05) is 19.3 Å². The molecule has 0 saturated heterocycles. The van der Waals surface area contributed by atoms with Gasteiger partial charge < -0.3 is 15.6 Å². The number of nitrogens with two attached hydrogens (primary N) is 1. The Hall–Kier alpha value is -1.71. The Morgan fingerprint density at radius 3 is 2.94 bits per heavy atom. The van der Waals surface area contributed by atoms with E-state index < -0.39 is 0 Å². The molecule has 4 heteroatoms. The molecule has 3 N–H and O–H groups in total. The van der Waals surface area contributed by atoms with Gasteiger partial charge in [-0.2, -0.15) is 0 Å². The monoisotopic (exact) mass is 244 g/mol. The lowest BCUT2D eigenvalue weighted by molar-refractivity contribution is 0.398. The van der Waals surface area contributed by atoms with E-state index in [1.54, 1.807) is 0 Å². The zero-order chi connectivity index (χ0) is 12.5. The molecule has 0 atom stereocenters. The van der Waals surface area contributed by atoms with Crippen molar-refractivity contribution in [2.45, 2.75) is 32.1 Å². The highest BCUT2D eigenvalue weighted by molar-refractivity contribution is 5.87. The lowest BCUT2D eigenvalue weighted by atomic mass is 9.85. The fourth-order valence-corrected chi connectivity index (χ4v) is 3.02. The lowest BCUT2D eigenvalue weighted by Gasteiger charge is -2.29. The number of allylic oxidation sites excluding steroid dienone is 1. The summed E-state index contributed by atoms with van der Waals surface area (Å²) in [6, 6.07) is 2.06. The smallest absolute Gasteiger partial charge is 0.141 e. The summed E-state index contributed by atoms with van der Waals surface area (Å²) in [6.07, 6.45) is 10.2. The molecule has 0 radical (unpaired) electrons. The normalized spacial score (nSPS) is 23.1. The van der Waals surface area contributed by atoms with E-state index in [-0.39, 0.29) is 0 Å². The Labute approximate surface area is 108 Å². The third kappa shape index (κ3) is 1.82. The van der Waals surface area contributed by atoms with Gasteiger partial charge in [-0.05, 0) is 18.9 Å². The predicted molar refractivity (Wildman–Crippen MR) is 74.4 cm³/mol. The van der Waals surface area contributed by atoms with E-state index in [0.29, 0.717) is 5.92 Å². The summed E-state index contributed by atoms with van der Waals surface area (Å²) in [5, 5.41) is 0. The number of aromatic nitrogens is 1. The number of nitrogens with one attached hydrogen (secondary N) is 1.